The van der Waals surface area contributed by atoms with Gasteiger partial charge in [0.15, 0.2) is 5.82 Å². The molecular weight excluding hydrogens is 562 g/mol. The first-order valence-corrected chi connectivity index (χ1v) is 15.4. The molecule has 0 amide bonds. The fourth-order valence-electron chi connectivity index (χ4n) is 6.55. The zero-order chi connectivity index (χ0) is 30.5. The third kappa shape index (κ3) is 4.31. The summed E-state index contributed by atoms with van der Waals surface area (Å²) in [6.07, 6.45) is 0. The first kappa shape index (κ1) is 26.2. The molecule has 1 aromatic heterocycles. The highest BCUT2D eigenvalue weighted by Crippen LogP contribution is 2.51. The van der Waals surface area contributed by atoms with Crippen molar-refractivity contribution >= 4 is 38.7 Å². The molecule has 0 radical (unpaired) electrons. The minimum Gasteiger partial charge on any atom is -0.456 e. The largest absolute Gasteiger partial charge is 0.456 e. The molecule has 9 rings (SSSR count). The van der Waals surface area contributed by atoms with Crippen molar-refractivity contribution in [1.29, 1.82) is 0 Å². The van der Waals surface area contributed by atoms with Crippen LogP contribution in [-0.4, -0.2) is 9.97 Å². The van der Waals surface area contributed by atoms with Gasteiger partial charge in [-0.2, -0.15) is 0 Å². The molecule has 0 unspecified atom stereocenters. The smallest absolute Gasteiger partial charge is 0.160 e. The number of benzene rings is 7. The summed E-state index contributed by atoms with van der Waals surface area (Å²) in [7, 11) is 0. The second kappa shape index (κ2) is 10.7. The monoisotopic (exact) mass is 589 g/mol. The van der Waals surface area contributed by atoms with Gasteiger partial charge in [0.2, 0.25) is 0 Å². The van der Waals surface area contributed by atoms with E-state index in [0.717, 1.165) is 78.2 Å². The second-order valence-electron chi connectivity index (χ2n) is 11.4. The molecule has 216 valence electrons. The fourth-order valence-corrected chi connectivity index (χ4v) is 6.55. The van der Waals surface area contributed by atoms with Gasteiger partial charge in [-0.25, -0.2) is 9.97 Å². The van der Waals surface area contributed by atoms with Gasteiger partial charge in [-0.05, 0) is 60.2 Å². The van der Waals surface area contributed by atoms with E-state index in [1.165, 1.54) is 0 Å². The van der Waals surface area contributed by atoms with E-state index >= 15 is 0 Å². The van der Waals surface area contributed by atoms with Crippen LogP contribution in [-0.2, 0) is 0 Å². The molecule has 0 N–H and O–H groups in total. The number of rotatable bonds is 5. The lowest BCUT2D eigenvalue weighted by molar-refractivity contribution is 0.487. The molecule has 0 saturated heterocycles. The number of fused-ring (bicyclic) bond motifs is 3. The minimum atomic E-state index is 0.671. The van der Waals surface area contributed by atoms with E-state index in [2.05, 4.69) is 132 Å². The summed E-state index contributed by atoms with van der Waals surface area (Å²) in [6, 6.07) is 56.6. The van der Waals surface area contributed by atoms with E-state index in [0.29, 0.717) is 5.82 Å². The topological polar surface area (TPSA) is 38.2 Å². The van der Waals surface area contributed by atoms with Crippen LogP contribution in [0.5, 0.6) is 11.5 Å². The average Bonchev–Trinajstić information content (AvgIpc) is 3.13. The van der Waals surface area contributed by atoms with Crippen LogP contribution < -0.4 is 9.64 Å². The van der Waals surface area contributed by atoms with E-state index < -0.39 is 0 Å². The standard InChI is InChI=1S/C42H27N3O/c1-4-13-28(14-5-1)41-34-19-10-11-22-36(34)43-42(44-41)29-23-24-32-33-20-12-21-35-37(25-26-38(40(33)35)46-39(32)27-29)45(30-15-6-2-7-16-30)31-17-8-3-9-18-31/h1-27H. The van der Waals surface area contributed by atoms with Gasteiger partial charge in [0.05, 0.1) is 16.9 Å². The van der Waals surface area contributed by atoms with Crippen molar-refractivity contribution in [3.8, 4) is 45.3 Å². The van der Waals surface area contributed by atoms with Crippen LogP contribution in [0.2, 0.25) is 0 Å². The Bertz CT molecular complexity index is 2350. The molecule has 46 heavy (non-hydrogen) atoms. The van der Waals surface area contributed by atoms with Crippen molar-refractivity contribution in [2.75, 3.05) is 4.90 Å². The predicted molar refractivity (Wildman–Crippen MR) is 188 cm³/mol. The van der Waals surface area contributed by atoms with Crippen molar-refractivity contribution in [2.45, 2.75) is 0 Å². The van der Waals surface area contributed by atoms with Gasteiger partial charge in [-0.1, -0.05) is 109 Å². The van der Waals surface area contributed by atoms with Gasteiger partial charge >= 0.3 is 0 Å². The van der Waals surface area contributed by atoms with Crippen molar-refractivity contribution in [1.82, 2.24) is 9.97 Å². The third-order valence-corrected chi connectivity index (χ3v) is 8.65. The van der Waals surface area contributed by atoms with Crippen molar-refractivity contribution in [2.24, 2.45) is 0 Å². The van der Waals surface area contributed by atoms with Gasteiger partial charge in [-0.3, -0.25) is 0 Å². The van der Waals surface area contributed by atoms with Gasteiger partial charge in [0.1, 0.15) is 11.5 Å². The number of hydrogen-bond acceptors (Lipinski definition) is 4. The van der Waals surface area contributed by atoms with E-state index in [4.69, 9.17) is 14.7 Å². The van der Waals surface area contributed by atoms with Crippen molar-refractivity contribution in [3.05, 3.63) is 164 Å². The van der Waals surface area contributed by atoms with Crippen LogP contribution in [0.1, 0.15) is 0 Å². The van der Waals surface area contributed by atoms with E-state index in [-0.39, 0.29) is 0 Å². The molecule has 0 atom stereocenters. The highest BCUT2D eigenvalue weighted by molar-refractivity contribution is 6.11. The lowest BCUT2D eigenvalue weighted by Gasteiger charge is -2.29. The van der Waals surface area contributed by atoms with Gasteiger partial charge in [0, 0.05) is 44.2 Å². The zero-order valence-electron chi connectivity index (χ0n) is 24.8. The van der Waals surface area contributed by atoms with Crippen molar-refractivity contribution in [3.63, 3.8) is 0 Å². The first-order valence-electron chi connectivity index (χ1n) is 15.4. The summed E-state index contributed by atoms with van der Waals surface area (Å²) >= 11 is 0. The molecule has 1 aliphatic heterocycles. The Morgan fingerprint density at radius 1 is 0.457 bits per heavy atom. The third-order valence-electron chi connectivity index (χ3n) is 8.65. The number of aromatic nitrogens is 2. The molecule has 1 aliphatic rings. The maximum absolute atomic E-state index is 6.69. The maximum Gasteiger partial charge on any atom is 0.160 e. The SMILES string of the molecule is c1ccc(-c2nc(-c3ccc4c(c3)Oc3ccc(N(c5ccccc5)c5ccccc5)c5cccc-4c35)nc3ccccc23)cc1. The summed E-state index contributed by atoms with van der Waals surface area (Å²) in [5.74, 6) is 2.31. The highest BCUT2D eigenvalue weighted by Gasteiger charge is 2.25. The fraction of sp³-hybridized carbons (Fsp3) is 0. The summed E-state index contributed by atoms with van der Waals surface area (Å²) in [4.78, 5) is 12.4. The number of anilines is 3. The molecule has 7 aromatic carbocycles. The van der Waals surface area contributed by atoms with Crippen LogP contribution in [0.4, 0.5) is 17.1 Å². The number of para-hydroxylation sites is 3. The predicted octanol–water partition coefficient (Wildman–Crippen LogP) is 11.4. The lowest BCUT2D eigenvalue weighted by Crippen LogP contribution is -2.11. The molecule has 4 nitrogen and oxygen atoms in total. The molecule has 0 aliphatic carbocycles. The van der Waals surface area contributed by atoms with E-state index in [9.17, 15) is 0 Å². The minimum absolute atomic E-state index is 0.671. The van der Waals surface area contributed by atoms with Crippen LogP contribution in [0.25, 0.3) is 55.4 Å². The lowest BCUT2D eigenvalue weighted by atomic mass is 9.92. The normalized spacial score (nSPS) is 11.7. The number of ether oxygens (including phenoxy) is 1. The molecule has 0 fully saturated rings. The number of hydrogen-bond donors (Lipinski definition) is 0. The van der Waals surface area contributed by atoms with Crippen LogP contribution in [0.3, 0.4) is 0 Å². The molecular formula is C42H27N3O. The molecule has 0 saturated carbocycles. The van der Waals surface area contributed by atoms with Gasteiger partial charge in [0.25, 0.3) is 0 Å². The van der Waals surface area contributed by atoms with Gasteiger partial charge < -0.3 is 9.64 Å². The Kier molecular flexibility index (Phi) is 6.10. The maximum atomic E-state index is 6.69. The summed E-state index contributed by atoms with van der Waals surface area (Å²) < 4.78 is 6.69. The Hall–Kier alpha value is -6.26. The zero-order valence-corrected chi connectivity index (χ0v) is 24.8. The summed E-state index contributed by atoms with van der Waals surface area (Å²) in [6.45, 7) is 0. The average molecular weight is 590 g/mol. The molecule has 4 heteroatoms. The van der Waals surface area contributed by atoms with E-state index in [1.807, 2.05) is 36.4 Å². The molecule has 2 heterocycles. The van der Waals surface area contributed by atoms with Crippen LogP contribution in [0, 0.1) is 0 Å². The molecule has 8 aromatic rings. The Balaban J connectivity index is 1.19. The number of nitrogens with zero attached hydrogens (tertiary/aromatic N) is 3. The summed E-state index contributed by atoms with van der Waals surface area (Å²) in [5.41, 5.74) is 9.29. The Labute approximate surface area is 266 Å². The van der Waals surface area contributed by atoms with Crippen LogP contribution in [0.15, 0.2) is 164 Å². The Morgan fingerprint density at radius 2 is 1.13 bits per heavy atom. The first-order chi connectivity index (χ1) is 22.8. The second-order valence-corrected chi connectivity index (χ2v) is 11.4. The van der Waals surface area contributed by atoms with Crippen molar-refractivity contribution < 1.29 is 4.74 Å². The molecule has 0 bridgehead atoms. The summed E-state index contributed by atoms with van der Waals surface area (Å²) in [5, 5.41) is 3.26. The molecule has 0 spiro atoms. The highest BCUT2D eigenvalue weighted by atomic mass is 16.5. The quantitative estimate of drug-likeness (QED) is 0.200. The Morgan fingerprint density at radius 3 is 1.89 bits per heavy atom. The van der Waals surface area contributed by atoms with E-state index in [1.54, 1.807) is 0 Å². The van der Waals surface area contributed by atoms with Crippen LogP contribution >= 0.6 is 0 Å². The van der Waals surface area contributed by atoms with Gasteiger partial charge in [-0.15, -0.1) is 0 Å².